The molecule has 3 aromatic rings. The summed E-state index contributed by atoms with van der Waals surface area (Å²) in [5.74, 6) is 0.889. The van der Waals surface area contributed by atoms with E-state index in [0.29, 0.717) is 17.4 Å². The maximum Gasteiger partial charge on any atom is 0.251 e. The van der Waals surface area contributed by atoms with Crippen LogP contribution in [-0.4, -0.2) is 28.3 Å². The second kappa shape index (κ2) is 7.80. The average Bonchev–Trinajstić information content (AvgIpc) is 3.48. The van der Waals surface area contributed by atoms with E-state index in [1.807, 2.05) is 62.4 Å². The minimum atomic E-state index is -0.0400. The minimum Gasteiger partial charge on any atom is -0.474 e. The van der Waals surface area contributed by atoms with Crippen LogP contribution in [0.25, 0.3) is 11.3 Å². The van der Waals surface area contributed by atoms with Crippen LogP contribution < -0.4 is 10.1 Å². The van der Waals surface area contributed by atoms with E-state index < -0.39 is 0 Å². The van der Waals surface area contributed by atoms with Crippen molar-refractivity contribution in [3.63, 3.8) is 0 Å². The molecule has 4 rings (SSSR count). The zero-order chi connectivity index (χ0) is 19.5. The molecular formula is C23H23N3O2. The van der Waals surface area contributed by atoms with E-state index >= 15 is 0 Å². The summed E-state index contributed by atoms with van der Waals surface area (Å²) in [7, 11) is 0. The Balaban J connectivity index is 1.37. The van der Waals surface area contributed by atoms with E-state index in [9.17, 15) is 4.79 Å². The second-order valence-electron chi connectivity index (χ2n) is 7.33. The van der Waals surface area contributed by atoms with Crippen molar-refractivity contribution in [2.45, 2.75) is 38.3 Å². The number of hydrogen-bond donors (Lipinski definition) is 1. The first-order valence-corrected chi connectivity index (χ1v) is 9.57. The first-order chi connectivity index (χ1) is 13.6. The predicted octanol–water partition coefficient (Wildman–Crippen LogP) is 4.22. The molecule has 1 aliphatic rings. The Bertz CT molecular complexity index is 938. The SMILES string of the molecule is CC(C)Oc1ccc(-c2ccc(C(=O)N[C@@H]3C[C@H]3c3ccccc3)cc2)nn1. The van der Waals surface area contributed by atoms with Gasteiger partial charge in [0.25, 0.3) is 5.91 Å². The third kappa shape index (κ3) is 4.19. The number of nitrogens with one attached hydrogen (secondary N) is 1. The quantitative estimate of drug-likeness (QED) is 0.703. The summed E-state index contributed by atoms with van der Waals surface area (Å²) in [5.41, 5.74) is 3.59. The van der Waals surface area contributed by atoms with Gasteiger partial charge in [-0.15, -0.1) is 10.2 Å². The number of aromatic nitrogens is 2. The van der Waals surface area contributed by atoms with Crippen LogP contribution in [0.5, 0.6) is 5.88 Å². The summed E-state index contributed by atoms with van der Waals surface area (Å²) in [6, 6.07) is 21.6. The van der Waals surface area contributed by atoms with Crippen molar-refractivity contribution in [2.75, 3.05) is 0 Å². The lowest BCUT2D eigenvalue weighted by molar-refractivity contribution is 0.0950. The van der Waals surface area contributed by atoms with Gasteiger partial charge in [0.15, 0.2) is 0 Å². The number of ether oxygens (including phenoxy) is 1. The number of amides is 1. The van der Waals surface area contributed by atoms with Crippen LogP contribution >= 0.6 is 0 Å². The first-order valence-electron chi connectivity index (χ1n) is 9.57. The van der Waals surface area contributed by atoms with Crippen LogP contribution in [0.3, 0.4) is 0 Å². The van der Waals surface area contributed by atoms with Crippen LogP contribution in [-0.2, 0) is 0 Å². The second-order valence-corrected chi connectivity index (χ2v) is 7.33. The van der Waals surface area contributed by atoms with Gasteiger partial charge in [-0.2, -0.15) is 0 Å². The molecule has 0 radical (unpaired) electrons. The van der Waals surface area contributed by atoms with Crippen molar-refractivity contribution in [1.82, 2.24) is 15.5 Å². The standard InChI is InChI=1S/C23H23N3O2/c1-15(2)28-22-13-12-20(25-26-22)17-8-10-18(11-9-17)23(27)24-21-14-19(21)16-6-4-3-5-7-16/h3-13,15,19,21H,14H2,1-2H3,(H,24,27)/t19-,21+/m0/s1. The van der Waals surface area contributed by atoms with Gasteiger partial charge < -0.3 is 10.1 Å². The van der Waals surface area contributed by atoms with Crippen LogP contribution in [0, 0.1) is 0 Å². The topological polar surface area (TPSA) is 64.1 Å². The predicted molar refractivity (Wildman–Crippen MR) is 108 cm³/mol. The fourth-order valence-corrected chi connectivity index (χ4v) is 3.25. The number of nitrogens with zero attached hydrogens (tertiary/aromatic N) is 2. The van der Waals surface area contributed by atoms with E-state index in [0.717, 1.165) is 17.7 Å². The Morgan fingerprint density at radius 1 is 1.00 bits per heavy atom. The van der Waals surface area contributed by atoms with Crippen molar-refractivity contribution in [2.24, 2.45) is 0 Å². The lowest BCUT2D eigenvalue weighted by Crippen LogP contribution is -2.26. The highest BCUT2D eigenvalue weighted by molar-refractivity contribution is 5.95. The van der Waals surface area contributed by atoms with E-state index in [-0.39, 0.29) is 18.1 Å². The zero-order valence-corrected chi connectivity index (χ0v) is 16.0. The van der Waals surface area contributed by atoms with Crippen molar-refractivity contribution >= 4 is 5.91 Å². The summed E-state index contributed by atoms with van der Waals surface area (Å²) in [4.78, 5) is 12.5. The third-order valence-electron chi connectivity index (χ3n) is 4.77. The van der Waals surface area contributed by atoms with Gasteiger partial charge in [0.1, 0.15) is 0 Å². The first kappa shape index (κ1) is 18.2. The van der Waals surface area contributed by atoms with Crippen LogP contribution in [0.2, 0.25) is 0 Å². The Morgan fingerprint density at radius 3 is 2.39 bits per heavy atom. The molecule has 0 spiro atoms. The molecule has 0 saturated heterocycles. The minimum absolute atomic E-state index is 0.0400. The number of rotatable bonds is 6. The average molecular weight is 373 g/mol. The van der Waals surface area contributed by atoms with Crippen molar-refractivity contribution < 1.29 is 9.53 Å². The van der Waals surface area contributed by atoms with E-state index in [1.54, 1.807) is 6.07 Å². The number of carbonyl (C=O) groups is 1. The molecular weight excluding hydrogens is 350 g/mol. The molecule has 5 nitrogen and oxygen atoms in total. The molecule has 2 aromatic carbocycles. The van der Waals surface area contributed by atoms with Gasteiger partial charge in [-0.1, -0.05) is 42.5 Å². The molecule has 5 heteroatoms. The van der Waals surface area contributed by atoms with Gasteiger partial charge in [0, 0.05) is 29.2 Å². The van der Waals surface area contributed by atoms with Crippen molar-refractivity contribution in [1.29, 1.82) is 0 Å². The van der Waals surface area contributed by atoms with E-state index in [4.69, 9.17) is 4.74 Å². The lowest BCUT2D eigenvalue weighted by atomic mass is 10.1. The molecule has 142 valence electrons. The molecule has 1 heterocycles. The number of carbonyl (C=O) groups excluding carboxylic acids is 1. The highest BCUT2D eigenvalue weighted by Gasteiger charge is 2.39. The normalized spacial score (nSPS) is 18.0. The Labute approximate surface area is 164 Å². The summed E-state index contributed by atoms with van der Waals surface area (Å²) >= 11 is 0. The largest absolute Gasteiger partial charge is 0.474 e. The Kier molecular flexibility index (Phi) is 5.06. The third-order valence-corrected chi connectivity index (χ3v) is 4.77. The van der Waals surface area contributed by atoms with Crippen LogP contribution in [0.1, 0.15) is 42.1 Å². The molecule has 0 aliphatic heterocycles. The molecule has 1 aliphatic carbocycles. The summed E-state index contributed by atoms with van der Waals surface area (Å²) in [6.45, 7) is 3.89. The zero-order valence-electron chi connectivity index (χ0n) is 16.0. The number of benzene rings is 2. The summed E-state index contributed by atoms with van der Waals surface area (Å²) in [5, 5.41) is 11.4. The lowest BCUT2D eigenvalue weighted by Gasteiger charge is -2.08. The molecule has 1 amide bonds. The van der Waals surface area contributed by atoms with E-state index in [2.05, 4.69) is 27.6 Å². The van der Waals surface area contributed by atoms with Crippen LogP contribution in [0.4, 0.5) is 0 Å². The highest BCUT2D eigenvalue weighted by Crippen LogP contribution is 2.40. The van der Waals surface area contributed by atoms with Gasteiger partial charge in [0.2, 0.25) is 5.88 Å². The smallest absolute Gasteiger partial charge is 0.251 e. The molecule has 0 bridgehead atoms. The maximum absolute atomic E-state index is 12.5. The highest BCUT2D eigenvalue weighted by atomic mass is 16.5. The van der Waals surface area contributed by atoms with Gasteiger partial charge in [-0.05, 0) is 44.0 Å². The van der Waals surface area contributed by atoms with Gasteiger partial charge in [-0.25, -0.2) is 0 Å². The van der Waals surface area contributed by atoms with E-state index in [1.165, 1.54) is 5.56 Å². The molecule has 1 N–H and O–H groups in total. The number of hydrogen-bond acceptors (Lipinski definition) is 4. The fourth-order valence-electron chi connectivity index (χ4n) is 3.25. The summed E-state index contributed by atoms with van der Waals surface area (Å²) < 4.78 is 5.51. The monoisotopic (exact) mass is 373 g/mol. The molecule has 1 saturated carbocycles. The Morgan fingerprint density at radius 2 is 1.75 bits per heavy atom. The molecule has 1 fully saturated rings. The van der Waals surface area contributed by atoms with Crippen molar-refractivity contribution in [3.8, 4) is 17.1 Å². The van der Waals surface area contributed by atoms with Gasteiger partial charge in [0.05, 0.1) is 11.8 Å². The summed E-state index contributed by atoms with van der Waals surface area (Å²) in [6.07, 6.45) is 1.06. The molecule has 28 heavy (non-hydrogen) atoms. The Hall–Kier alpha value is -3.21. The molecule has 0 unspecified atom stereocenters. The van der Waals surface area contributed by atoms with Gasteiger partial charge >= 0.3 is 0 Å². The fraction of sp³-hybridized carbons (Fsp3) is 0.261. The molecule has 2 atom stereocenters. The maximum atomic E-state index is 12.5. The molecule has 1 aromatic heterocycles. The van der Waals surface area contributed by atoms with Crippen LogP contribution in [0.15, 0.2) is 66.7 Å². The van der Waals surface area contributed by atoms with Crippen molar-refractivity contribution in [3.05, 3.63) is 77.9 Å². The van der Waals surface area contributed by atoms with Gasteiger partial charge in [-0.3, -0.25) is 4.79 Å².